The van der Waals surface area contributed by atoms with Crippen LogP contribution in [0, 0.1) is 0 Å². The van der Waals surface area contributed by atoms with Crippen LogP contribution < -0.4 is 0 Å². The summed E-state index contributed by atoms with van der Waals surface area (Å²) in [6.07, 6.45) is 1.88. The Bertz CT molecular complexity index is 697. The molecule has 0 amide bonds. The molecule has 1 aliphatic rings. The molecule has 0 spiro atoms. The van der Waals surface area contributed by atoms with Gasteiger partial charge in [-0.2, -0.15) is 20.2 Å². The molecule has 6 nitrogen and oxygen atoms in total. The van der Waals surface area contributed by atoms with Gasteiger partial charge in [-0.05, 0) is 19.2 Å². The van der Waals surface area contributed by atoms with Crippen LogP contribution in [0.25, 0.3) is 0 Å². The van der Waals surface area contributed by atoms with Crippen molar-refractivity contribution < 1.29 is 22.5 Å². The lowest BCUT2D eigenvalue weighted by Gasteiger charge is -2.10. The molecule has 1 unspecified atom stereocenters. The van der Waals surface area contributed by atoms with E-state index in [0.717, 1.165) is 0 Å². The summed E-state index contributed by atoms with van der Waals surface area (Å²) in [6.45, 7) is 1.74. The zero-order valence-electron chi connectivity index (χ0n) is 11.6. The first kappa shape index (κ1) is 16.0. The molecule has 21 heavy (non-hydrogen) atoms. The predicted molar refractivity (Wildman–Crippen MR) is 81.5 cm³/mol. The Morgan fingerprint density at radius 1 is 1.52 bits per heavy atom. The van der Waals surface area contributed by atoms with Crippen molar-refractivity contribution in [2.45, 2.75) is 19.6 Å². The molecule has 1 atom stereocenters. The molecular weight excluding hydrogens is 314 g/mol. The Labute approximate surface area is 127 Å². The standard InChI is InChI=1S/C13H15NO5S2/c1-8(7-20-2)14-12(21(16,17)18)9-4-3-5-10-11(9)6-19-13(10)15/h3-5,8H,6-7H2,1-2H3,(H,16,17,18). The molecule has 1 heterocycles. The van der Waals surface area contributed by atoms with Crippen molar-refractivity contribution >= 4 is 32.9 Å². The number of carbonyl (C=O) groups excluding carboxylic acids is 1. The smallest absolute Gasteiger partial charge is 0.338 e. The average Bonchev–Trinajstić information content (AvgIpc) is 2.77. The van der Waals surface area contributed by atoms with Crippen molar-refractivity contribution in [3.05, 3.63) is 34.9 Å². The van der Waals surface area contributed by atoms with E-state index < -0.39 is 21.1 Å². The van der Waals surface area contributed by atoms with Crippen molar-refractivity contribution in [2.75, 3.05) is 12.0 Å². The van der Waals surface area contributed by atoms with Gasteiger partial charge in [0.1, 0.15) is 6.61 Å². The largest absolute Gasteiger partial charge is 0.457 e. The van der Waals surface area contributed by atoms with Gasteiger partial charge in [-0.25, -0.2) is 4.79 Å². The van der Waals surface area contributed by atoms with Gasteiger partial charge < -0.3 is 4.74 Å². The zero-order valence-corrected chi connectivity index (χ0v) is 13.2. The first-order valence-electron chi connectivity index (χ1n) is 6.18. The molecule has 8 heteroatoms. The topological polar surface area (TPSA) is 93.0 Å². The number of hydrogen-bond acceptors (Lipinski definition) is 6. The van der Waals surface area contributed by atoms with E-state index in [2.05, 4.69) is 4.99 Å². The van der Waals surface area contributed by atoms with Crippen LogP contribution in [0.2, 0.25) is 0 Å². The second-order valence-corrected chi connectivity index (χ2v) is 6.87. The van der Waals surface area contributed by atoms with Gasteiger partial charge in [0.25, 0.3) is 0 Å². The molecule has 0 fully saturated rings. The van der Waals surface area contributed by atoms with Gasteiger partial charge in [-0.15, -0.1) is 0 Å². The Morgan fingerprint density at radius 2 is 2.24 bits per heavy atom. The third kappa shape index (κ3) is 3.45. The number of nitrogens with zero attached hydrogens (tertiary/aromatic N) is 1. The van der Waals surface area contributed by atoms with Gasteiger partial charge in [0.05, 0.1) is 11.6 Å². The molecule has 0 radical (unpaired) electrons. The monoisotopic (exact) mass is 329 g/mol. The number of benzene rings is 1. The zero-order chi connectivity index (χ0) is 15.6. The van der Waals surface area contributed by atoms with E-state index in [1.54, 1.807) is 19.1 Å². The molecule has 0 aromatic heterocycles. The van der Waals surface area contributed by atoms with Crippen LogP contribution in [-0.4, -0.2) is 42.0 Å². The fourth-order valence-corrected chi connectivity index (χ4v) is 3.44. The van der Waals surface area contributed by atoms with E-state index in [4.69, 9.17) is 4.74 Å². The number of fused-ring (bicyclic) bond motifs is 1. The lowest BCUT2D eigenvalue weighted by atomic mass is 10.0. The number of aliphatic imine (C=N–C) groups is 1. The van der Waals surface area contributed by atoms with Gasteiger partial charge >= 0.3 is 16.1 Å². The van der Waals surface area contributed by atoms with Crippen molar-refractivity contribution in [2.24, 2.45) is 4.99 Å². The van der Waals surface area contributed by atoms with Crippen LogP contribution in [0.3, 0.4) is 0 Å². The summed E-state index contributed by atoms with van der Waals surface area (Å²) in [7, 11) is -4.50. The fourth-order valence-electron chi connectivity index (χ4n) is 2.10. The van der Waals surface area contributed by atoms with Gasteiger partial charge in [0, 0.05) is 16.9 Å². The van der Waals surface area contributed by atoms with Crippen LogP contribution >= 0.6 is 11.8 Å². The van der Waals surface area contributed by atoms with E-state index in [1.807, 2.05) is 6.26 Å². The number of carbonyl (C=O) groups is 1. The van der Waals surface area contributed by atoms with E-state index >= 15 is 0 Å². The second kappa shape index (κ2) is 6.17. The number of cyclic esters (lactones) is 1. The Hall–Kier alpha value is -1.38. The van der Waals surface area contributed by atoms with Crippen LogP contribution in [0.1, 0.15) is 28.4 Å². The van der Waals surface area contributed by atoms with E-state index in [9.17, 15) is 17.8 Å². The minimum atomic E-state index is -4.50. The molecule has 2 rings (SSSR count). The Balaban J connectivity index is 2.57. The minimum Gasteiger partial charge on any atom is -0.457 e. The molecule has 1 N–H and O–H groups in total. The molecule has 1 aromatic carbocycles. The third-order valence-corrected chi connectivity index (χ3v) is 4.59. The molecule has 0 bridgehead atoms. The summed E-state index contributed by atoms with van der Waals surface area (Å²) < 4.78 is 37.6. The maximum Gasteiger partial charge on any atom is 0.338 e. The second-order valence-electron chi connectivity index (χ2n) is 4.62. The highest BCUT2D eigenvalue weighted by Gasteiger charge is 2.29. The number of ether oxygens (including phenoxy) is 1. The van der Waals surface area contributed by atoms with Gasteiger partial charge in [0.15, 0.2) is 5.04 Å². The molecule has 0 saturated carbocycles. The van der Waals surface area contributed by atoms with Gasteiger partial charge in [0.2, 0.25) is 0 Å². The first-order chi connectivity index (χ1) is 9.84. The SMILES string of the molecule is CSCC(C)N=C(c1cccc2c1COC2=O)S(=O)(=O)O. The number of hydrogen-bond donors (Lipinski definition) is 1. The molecule has 0 aliphatic carbocycles. The highest BCUT2D eigenvalue weighted by atomic mass is 32.2. The van der Waals surface area contributed by atoms with Crippen molar-refractivity contribution in [3.63, 3.8) is 0 Å². The van der Waals surface area contributed by atoms with Crippen molar-refractivity contribution in [3.8, 4) is 0 Å². The Kier molecular flexibility index (Phi) is 4.70. The van der Waals surface area contributed by atoms with Crippen LogP contribution in [-0.2, 0) is 21.5 Å². The third-order valence-electron chi connectivity index (χ3n) is 2.96. The predicted octanol–water partition coefficient (Wildman–Crippen LogP) is 1.74. The first-order valence-corrected chi connectivity index (χ1v) is 9.01. The molecule has 1 aromatic rings. The summed E-state index contributed by atoms with van der Waals surface area (Å²) in [6, 6.07) is 4.33. The van der Waals surface area contributed by atoms with E-state index in [-0.39, 0.29) is 18.2 Å². The van der Waals surface area contributed by atoms with Crippen LogP contribution in [0.4, 0.5) is 0 Å². The van der Waals surface area contributed by atoms with Crippen molar-refractivity contribution in [1.29, 1.82) is 0 Å². The van der Waals surface area contributed by atoms with E-state index in [0.29, 0.717) is 16.9 Å². The number of esters is 1. The van der Waals surface area contributed by atoms with Gasteiger partial charge in [-0.3, -0.25) is 9.55 Å². The molecular formula is C13H15NO5S2. The molecule has 0 saturated heterocycles. The lowest BCUT2D eigenvalue weighted by molar-refractivity contribution is 0.0535. The highest BCUT2D eigenvalue weighted by molar-refractivity contribution is 8.02. The fraction of sp³-hybridized carbons (Fsp3) is 0.385. The van der Waals surface area contributed by atoms with Gasteiger partial charge in [-0.1, -0.05) is 12.1 Å². The summed E-state index contributed by atoms with van der Waals surface area (Å²) in [5, 5.41) is -0.417. The molecule has 114 valence electrons. The van der Waals surface area contributed by atoms with Crippen molar-refractivity contribution in [1.82, 2.24) is 0 Å². The lowest BCUT2D eigenvalue weighted by Crippen LogP contribution is -2.20. The Morgan fingerprint density at radius 3 is 2.86 bits per heavy atom. The van der Waals surface area contributed by atoms with Crippen LogP contribution in [0.5, 0.6) is 0 Å². The summed E-state index contributed by atoms with van der Waals surface area (Å²) in [5.41, 5.74) is 0.963. The average molecular weight is 329 g/mol. The number of rotatable bonds is 4. The maximum atomic E-state index is 11.6. The highest BCUT2D eigenvalue weighted by Crippen LogP contribution is 2.25. The van der Waals surface area contributed by atoms with E-state index in [1.165, 1.54) is 17.8 Å². The summed E-state index contributed by atoms with van der Waals surface area (Å²) in [4.78, 5) is 15.6. The van der Waals surface area contributed by atoms with Crippen LogP contribution in [0.15, 0.2) is 23.2 Å². The molecule has 1 aliphatic heterocycles. The summed E-state index contributed by atoms with van der Waals surface area (Å²) in [5.74, 6) is 0.113. The summed E-state index contributed by atoms with van der Waals surface area (Å²) >= 11 is 1.52. The quantitative estimate of drug-likeness (QED) is 0.391. The minimum absolute atomic E-state index is 0.0181. The normalized spacial score (nSPS) is 16.5. The number of thioether (sulfide) groups is 1. The maximum absolute atomic E-state index is 11.6.